The fourth-order valence-corrected chi connectivity index (χ4v) is 3.13. The highest BCUT2D eigenvalue weighted by atomic mass is 19.1. The molecule has 1 amide bonds. The van der Waals surface area contributed by atoms with E-state index in [0.717, 1.165) is 31.4 Å². The topological polar surface area (TPSA) is 72.3 Å². The van der Waals surface area contributed by atoms with Gasteiger partial charge in [-0.2, -0.15) is 0 Å². The summed E-state index contributed by atoms with van der Waals surface area (Å²) in [6.07, 6.45) is 2.53. The Bertz CT molecular complexity index is 494. The fourth-order valence-electron chi connectivity index (χ4n) is 3.13. The van der Waals surface area contributed by atoms with Crippen molar-refractivity contribution >= 4 is 5.91 Å². The van der Waals surface area contributed by atoms with Gasteiger partial charge < -0.3 is 11.5 Å². The molecule has 21 heavy (non-hydrogen) atoms. The van der Waals surface area contributed by atoms with Crippen molar-refractivity contribution in [1.82, 2.24) is 4.90 Å². The van der Waals surface area contributed by atoms with Crippen LogP contribution < -0.4 is 11.5 Å². The maximum atomic E-state index is 13.5. The predicted molar refractivity (Wildman–Crippen MR) is 80.9 cm³/mol. The molecule has 4 N–H and O–H groups in total. The van der Waals surface area contributed by atoms with E-state index in [2.05, 4.69) is 4.90 Å². The number of rotatable bonds is 5. The lowest BCUT2D eigenvalue weighted by Gasteiger charge is -2.40. The molecule has 0 bridgehead atoms. The predicted octanol–water partition coefficient (Wildman–Crippen LogP) is 1.80. The van der Waals surface area contributed by atoms with E-state index in [1.54, 1.807) is 6.07 Å². The molecule has 0 spiro atoms. The Labute approximate surface area is 125 Å². The molecule has 1 aromatic rings. The van der Waals surface area contributed by atoms with Crippen molar-refractivity contribution in [1.29, 1.82) is 0 Å². The van der Waals surface area contributed by atoms with Gasteiger partial charge in [-0.3, -0.25) is 9.69 Å². The van der Waals surface area contributed by atoms with E-state index in [-0.39, 0.29) is 29.7 Å². The summed E-state index contributed by atoms with van der Waals surface area (Å²) in [4.78, 5) is 13.6. The van der Waals surface area contributed by atoms with E-state index in [0.29, 0.717) is 6.54 Å². The summed E-state index contributed by atoms with van der Waals surface area (Å²) in [7, 11) is 0. The number of nitrogens with zero attached hydrogens (tertiary/aromatic N) is 1. The number of amides is 1. The van der Waals surface area contributed by atoms with E-state index in [4.69, 9.17) is 11.5 Å². The van der Waals surface area contributed by atoms with Gasteiger partial charge in [0.2, 0.25) is 5.91 Å². The SMILES string of the molecule is CCC(N)C(c1cccc(F)c1)N1CCCC(C(N)=O)C1. The third-order valence-corrected chi connectivity index (χ3v) is 4.32. The number of nitrogens with two attached hydrogens (primary N) is 2. The second-order valence-corrected chi connectivity index (χ2v) is 5.81. The number of likely N-dealkylation sites (tertiary alicyclic amines) is 1. The Balaban J connectivity index is 2.25. The van der Waals surface area contributed by atoms with Crippen LogP contribution in [0.25, 0.3) is 0 Å². The van der Waals surface area contributed by atoms with Crippen LogP contribution in [0, 0.1) is 11.7 Å². The van der Waals surface area contributed by atoms with Crippen LogP contribution in [0.15, 0.2) is 24.3 Å². The first-order chi connectivity index (χ1) is 10.0. The molecule has 1 saturated heterocycles. The van der Waals surface area contributed by atoms with Gasteiger partial charge in [0.1, 0.15) is 5.82 Å². The average Bonchev–Trinajstić information content (AvgIpc) is 2.47. The Morgan fingerprint density at radius 2 is 2.29 bits per heavy atom. The normalized spacial score (nSPS) is 22.7. The number of benzene rings is 1. The number of piperidine rings is 1. The molecule has 2 rings (SSSR count). The minimum Gasteiger partial charge on any atom is -0.369 e. The van der Waals surface area contributed by atoms with Crippen molar-refractivity contribution in [3.05, 3.63) is 35.6 Å². The van der Waals surface area contributed by atoms with Crippen LogP contribution in [0.3, 0.4) is 0 Å². The third kappa shape index (κ3) is 3.80. The first kappa shape index (κ1) is 15.9. The van der Waals surface area contributed by atoms with Gasteiger partial charge in [0, 0.05) is 18.6 Å². The van der Waals surface area contributed by atoms with Gasteiger partial charge in [-0.15, -0.1) is 0 Å². The number of hydrogen-bond donors (Lipinski definition) is 2. The van der Waals surface area contributed by atoms with Gasteiger partial charge in [-0.1, -0.05) is 19.1 Å². The number of primary amides is 1. The highest BCUT2D eigenvalue weighted by Crippen LogP contribution is 2.30. The van der Waals surface area contributed by atoms with Crippen molar-refractivity contribution in [2.75, 3.05) is 13.1 Å². The van der Waals surface area contributed by atoms with Gasteiger partial charge in [-0.05, 0) is 43.5 Å². The largest absolute Gasteiger partial charge is 0.369 e. The van der Waals surface area contributed by atoms with Crippen LogP contribution in [-0.2, 0) is 4.79 Å². The maximum absolute atomic E-state index is 13.5. The molecule has 0 saturated carbocycles. The first-order valence-corrected chi connectivity index (χ1v) is 7.57. The molecule has 1 aromatic carbocycles. The van der Waals surface area contributed by atoms with Crippen LogP contribution in [0.5, 0.6) is 0 Å². The lowest BCUT2D eigenvalue weighted by atomic mass is 9.90. The third-order valence-electron chi connectivity index (χ3n) is 4.32. The molecule has 0 radical (unpaired) electrons. The number of carbonyl (C=O) groups is 1. The van der Waals surface area contributed by atoms with Crippen LogP contribution in [0.1, 0.15) is 37.8 Å². The smallest absolute Gasteiger partial charge is 0.221 e. The zero-order valence-corrected chi connectivity index (χ0v) is 12.5. The molecule has 0 aliphatic carbocycles. The minimum atomic E-state index is -0.261. The molecule has 5 heteroatoms. The zero-order valence-electron chi connectivity index (χ0n) is 12.5. The molecular weight excluding hydrogens is 269 g/mol. The molecule has 3 unspecified atom stereocenters. The van der Waals surface area contributed by atoms with Crippen molar-refractivity contribution in [3.63, 3.8) is 0 Å². The second-order valence-electron chi connectivity index (χ2n) is 5.81. The Morgan fingerprint density at radius 3 is 2.90 bits per heavy atom. The van der Waals surface area contributed by atoms with Gasteiger partial charge in [0.25, 0.3) is 0 Å². The summed E-state index contributed by atoms with van der Waals surface area (Å²) in [6.45, 7) is 3.48. The first-order valence-electron chi connectivity index (χ1n) is 7.57. The quantitative estimate of drug-likeness (QED) is 0.869. The lowest BCUT2D eigenvalue weighted by Crippen LogP contribution is -2.48. The van der Waals surface area contributed by atoms with Crippen molar-refractivity contribution < 1.29 is 9.18 Å². The summed E-state index contributed by atoms with van der Waals surface area (Å²) in [5, 5.41) is 0. The van der Waals surface area contributed by atoms with Gasteiger partial charge in [0.05, 0.1) is 5.92 Å². The molecule has 1 heterocycles. The zero-order chi connectivity index (χ0) is 15.4. The van der Waals surface area contributed by atoms with Crippen molar-refractivity contribution in [2.45, 2.75) is 38.3 Å². The van der Waals surface area contributed by atoms with Gasteiger partial charge >= 0.3 is 0 Å². The number of halogens is 1. The summed E-state index contributed by atoms with van der Waals surface area (Å²) in [6, 6.07) is 6.40. The second kappa shape index (κ2) is 7.00. The summed E-state index contributed by atoms with van der Waals surface area (Å²) >= 11 is 0. The number of hydrogen-bond acceptors (Lipinski definition) is 3. The Kier molecular flexibility index (Phi) is 5.31. The van der Waals surface area contributed by atoms with Gasteiger partial charge in [-0.25, -0.2) is 4.39 Å². The van der Waals surface area contributed by atoms with Crippen LogP contribution in [-0.4, -0.2) is 29.9 Å². The highest BCUT2D eigenvalue weighted by molar-refractivity contribution is 5.76. The maximum Gasteiger partial charge on any atom is 0.221 e. The molecule has 0 aromatic heterocycles. The molecule has 1 fully saturated rings. The fraction of sp³-hybridized carbons (Fsp3) is 0.562. The molecule has 1 aliphatic rings. The van der Waals surface area contributed by atoms with E-state index in [1.165, 1.54) is 12.1 Å². The van der Waals surface area contributed by atoms with E-state index < -0.39 is 0 Å². The molecule has 1 aliphatic heterocycles. The minimum absolute atomic E-state index is 0.0761. The van der Waals surface area contributed by atoms with E-state index in [9.17, 15) is 9.18 Å². The average molecular weight is 293 g/mol. The highest BCUT2D eigenvalue weighted by Gasteiger charge is 2.32. The Morgan fingerprint density at radius 1 is 1.52 bits per heavy atom. The van der Waals surface area contributed by atoms with Crippen LogP contribution in [0.4, 0.5) is 4.39 Å². The van der Waals surface area contributed by atoms with E-state index in [1.807, 2.05) is 13.0 Å². The summed E-state index contributed by atoms with van der Waals surface area (Å²) < 4.78 is 13.5. The monoisotopic (exact) mass is 293 g/mol. The van der Waals surface area contributed by atoms with Crippen LogP contribution in [0.2, 0.25) is 0 Å². The molecular formula is C16H24FN3O. The van der Waals surface area contributed by atoms with Crippen molar-refractivity contribution in [2.24, 2.45) is 17.4 Å². The summed E-state index contributed by atoms with van der Waals surface area (Å²) in [5.74, 6) is -0.661. The molecule has 116 valence electrons. The Hall–Kier alpha value is -1.46. The van der Waals surface area contributed by atoms with Crippen LogP contribution >= 0.6 is 0 Å². The van der Waals surface area contributed by atoms with Crippen molar-refractivity contribution in [3.8, 4) is 0 Å². The lowest BCUT2D eigenvalue weighted by molar-refractivity contribution is -0.123. The van der Waals surface area contributed by atoms with E-state index >= 15 is 0 Å². The molecule has 4 nitrogen and oxygen atoms in total. The molecule has 3 atom stereocenters. The standard InChI is InChI=1S/C16H24FN3O/c1-2-14(18)15(11-5-3-7-13(17)9-11)20-8-4-6-12(10-20)16(19)21/h3,5,7,9,12,14-15H,2,4,6,8,10,18H2,1H3,(H2,19,21). The number of carbonyl (C=O) groups excluding carboxylic acids is 1. The van der Waals surface area contributed by atoms with Gasteiger partial charge in [0.15, 0.2) is 0 Å². The summed E-state index contributed by atoms with van der Waals surface area (Å²) in [5.41, 5.74) is 12.6.